The van der Waals surface area contributed by atoms with Crippen molar-refractivity contribution in [3.63, 3.8) is 0 Å². The normalized spacial score (nSPS) is 14.2. The number of sulfonamides is 1. The lowest BCUT2D eigenvalue weighted by molar-refractivity contribution is -0.116. The summed E-state index contributed by atoms with van der Waals surface area (Å²) in [6.07, 6.45) is 5.81. The quantitative estimate of drug-likeness (QED) is 0.485. The molecule has 0 saturated carbocycles. The summed E-state index contributed by atoms with van der Waals surface area (Å²) in [5.74, 6) is 1.56. The van der Waals surface area contributed by atoms with Crippen LogP contribution < -0.4 is 15.2 Å². The van der Waals surface area contributed by atoms with Gasteiger partial charge in [-0.15, -0.1) is 0 Å². The Bertz CT molecular complexity index is 1370. The molecule has 0 spiro atoms. The number of carbonyl (C=O) groups excluding carboxylic acids is 1. The second-order valence-electron chi connectivity index (χ2n) is 8.63. The van der Waals surface area contributed by atoms with Gasteiger partial charge in [-0.3, -0.25) is 4.79 Å². The summed E-state index contributed by atoms with van der Waals surface area (Å²) in [6.45, 7) is 6.61. The number of aryl methyl sites for hydroxylation is 3. The smallest absolute Gasteiger partial charge is 0.244 e. The summed E-state index contributed by atoms with van der Waals surface area (Å²) in [4.78, 5) is 12.7. The van der Waals surface area contributed by atoms with Gasteiger partial charge >= 0.3 is 0 Å². The maximum atomic E-state index is 12.7. The van der Waals surface area contributed by atoms with Crippen molar-refractivity contribution in [3.05, 3.63) is 64.4 Å². The fourth-order valence-electron chi connectivity index (χ4n) is 4.47. The average Bonchev–Trinajstić information content (AvgIpc) is 3.18. The van der Waals surface area contributed by atoms with Gasteiger partial charge in [0.2, 0.25) is 15.9 Å². The second-order valence-corrected chi connectivity index (χ2v) is 10.2. The summed E-state index contributed by atoms with van der Waals surface area (Å²) in [5.41, 5.74) is 5.54. The number of primary sulfonamides is 1. The van der Waals surface area contributed by atoms with E-state index in [-0.39, 0.29) is 17.3 Å². The number of hydrogen-bond donors (Lipinski definition) is 2. The lowest BCUT2D eigenvalue weighted by Gasteiger charge is -2.15. The van der Waals surface area contributed by atoms with Crippen LogP contribution in [0.3, 0.4) is 0 Å². The van der Waals surface area contributed by atoms with E-state index in [4.69, 9.17) is 14.3 Å². The Labute approximate surface area is 200 Å². The van der Waals surface area contributed by atoms with E-state index in [1.807, 2.05) is 20.8 Å². The minimum absolute atomic E-state index is 0.0361. The molecule has 3 aromatic rings. The number of furan rings is 1. The molecule has 3 N–H and O–H groups in total. The van der Waals surface area contributed by atoms with Crippen molar-refractivity contribution < 1.29 is 22.4 Å². The molecule has 1 aromatic heterocycles. The van der Waals surface area contributed by atoms with Gasteiger partial charge in [-0.25, -0.2) is 13.6 Å². The van der Waals surface area contributed by atoms with E-state index < -0.39 is 10.0 Å². The SMILES string of the molecule is CCOc1c(/C(C)=C/C(=O)NCc2ccc(S(N)(=O)=O)cc2)cc2c3c(oc2c1C)CCCC3. The zero-order valence-electron chi connectivity index (χ0n) is 19.7. The van der Waals surface area contributed by atoms with Crippen LogP contribution in [0.25, 0.3) is 16.5 Å². The van der Waals surface area contributed by atoms with Crippen molar-refractivity contribution in [2.24, 2.45) is 5.14 Å². The number of rotatable bonds is 7. The van der Waals surface area contributed by atoms with Gasteiger partial charge in [0.25, 0.3) is 0 Å². The highest BCUT2D eigenvalue weighted by Crippen LogP contribution is 2.41. The van der Waals surface area contributed by atoms with Crippen LogP contribution in [0.5, 0.6) is 5.75 Å². The van der Waals surface area contributed by atoms with Crippen LogP contribution in [-0.2, 0) is 34.2 Å². The van der Waals surface area contributed by atoms with Crippen LogP contribution in [0.4, 0.5) is 0 Å². The molecule has 0 radical (unpaired) electrons. The molecule has 0 aliphatic heterocycles. The lowest BCUT2D eigenvalue weighted by atomic mass is 9.93. The monoisotopic (exact) mass is 482 g/mol. The topological polar surface area (TPSA) is 112 Å². The summed E-state index contributed by atoms with van der Waals surface area (Å²) < 4.78 is 35.0. The van der Waals surface area contributed by atoms with Crippen LogP contribution in [-0.4, -0.2) is 20.9 Å². The second kappa shape index (κ2) is 9.64. The van der Waals surface area contributed by atoms with Gasteiger partial charge in [0.1, 0.15) is 17.1 Å². The molecule has 34 heavy (non-hydrogen) atoms. The molecular weight excluding hydrogens is 452 g/mol. The predicted octanol–water partition coefficient (Wildman–Crippen LogP) is 4.39. The van der Waals surface area contributed by atoms with Gasteiger partial charge in [0, 0.05) is 41.1 Å². The fourth-order valence-corrected chi connectivity index (χ4v) is 4.99. The molecule has 7 nitrogen and oxygen atoms in total. The number of ether oxygens (including phenoxy) is 1. The molecular formula is C26H30N2O5S. The molecule has 1 heterocycles. The Kier molecular flexibility index (Phi) is 6.81. The molecule has 0 saturated heterocycles. The van der Waals surface area contributed by atoms with Crippen molar-refractivity contribution >= 4 is 32.5 Å². The molecule has 8 heteroatoms. The summed E-state index contributed by atoms with van der Waals surface area (Å²) in [6, 6.07) is 8.20. The van der Waals surface area contributed by atoms with E-state index in [1.54, 1.807) is 18.2 Å². The van der Waals surface area contributed by atoms with E-state index >= 15 is 0 Å². The number of fused-ring (bicyclic) bond motifs is 3. The number of carbonyl (C=O) groups is 1. The standard InChI is InChI=1S/C26H30N2O5S/c1-4-32-25-17(3)26-22(20-7-5-6-8-23(20)33-26)14-21(25)16(2)13-24(29)28-15-18-9-11-19(12-10-18)34(27,30)31/h9-14H,4-8,15H2,1-3H3,(H,28,29)(H2,27,30,31)/b16-13+. The molecule has 180 valence electrons. The third-order valence-corrected chi connectivity index (χ3v) is 7.14. The first-order valence-electron chi connectivity index (χ1n) is 11.5. The van der Waals surface area contributed by atoms with Crippen molar-refractivity contribution in [1.82, 2.24) is 5.32 Å². The van der Waals surface area contributed by atoms with E-state index in [0.29, 0.717) is 6.61 Å². The number of amides is 1. The predicted molar refractivity (Wildman–Crippen MR) is 132 cm³/mol. The van der Waals surface area contributed by atoms with Crippen LogP contribution in [0.15, 0.2) is 45.7 Å². The van der Waals surface area contributed by atoms with Crippen molar-refractivity contribution in [3.8, 4) is 5.75 Å². The first kappa shape index (κ1) is 24.0. The minimum atomic E-state index is -3.74. The van der Waals surface area contributed by atoms with Gasteiger partial charge in [-0.2, -0.15) is 0 Å². The largest absolute Gasteiger partial charge is 0.493 e. The Morgan fingerprint density at radius 2 is 1.91 bits per heavy atom. The van der Waals surface area contributed by atoms with Gasteiger partial charge in [-0.1, -0.05) is 12.1 Å². The number of nitrogens with one attached hydrogen (secondary N) is 1. The summed E-state index contributed by atoms with van der Waals surface area (Å²) in [7, 11) is -3.74. The Balaban J connectivity index is 1.59. The van der Waals surface area contributed by atoms with E-state index in [1.165, 1.54) is 17.7 Å². The number of hydrogen-bond acceptors (Lipinski definition) is 5. The molecule has 1 aliphatic carbocycles. The summed E-state index contributed by atoms with van der Waals surface area (Å²) in [5, 5.41) is 9.08. The highest BCUT2D eigenvalue weighted by Gasteiger charge is 2.23. The minimum Gasteiger partial charge on any atom is -0.493 e. The Morgan fingerprint density at radius 3 is 2.59 bits per heavy atom. The molecule has 2 aromatic carbocycles. The van der Waals surface area contributed by atoms with Crippen molar-refractivity contribution in [1.29, 1.82) is 0 Å². The highest BCUT2D eigenvalue weighted by atomic mass is 32.2. The van der Waals surface area contributed by atoms with Gasteiger partial charge in [0.15, 0.2) is 0 Å². The molecule has 1 amide bonds. The molecule has 0 fully saturated rings. The third-order valence-electron chi connectivity index (χ3n) is 6.21. The maximum absolute atomic E-state index is 12.7. The van der Waals surface area contributed by atoms with E-state index in [0.717, 1.165) is 70.4 Å². The molecule has 0 bridgehead atoms. The molecule has 1 aliphatic rings. The number of allylic oxidation sites excluding steroid dienone is 1. The first-order valence-corrected chi connectivity index (χ1v) is 13.0. The van der Waals surface area contributed by atoms with Gasteiger partial charge in [-0.05, 0) is 69.4 Å². The number of nitrogens with two attached hydrogens (primary N) is 1. The van der Waals surface area contributed by atoms with Crippen LogP contribution >= 0.6 is 0 Å². The average molecular weight is 483 g/mol. The zero-order chi connectivity index (χ0) is 24.5. The fraction of sp³-hybridized carbons (Fsp3) is 0.346. The van der Waals surface area contributed by atoms with Gasteiger partial charge in [0.05, 0.1) is 11.5 Å². The Hall–Kier alpha value is -3.10. The molecule has 4 rings (SSSR count). The highest BCUT2D eigenvalue weighted by molar-refractivity contribution is 7.89. The van der Waals surface area contributed by atoms with Crippen LogP contribution in [0.2, 0.25) is 0 Å². The number of benzene rings is 2. The summed E-state index contributed by atoms with van der Waals surface area (Å²) >= 11 is 0. The maximum Gasteiger partial charge on any atom is 0.244 e. The van der Waals surface area contributed by atoms with Crippen LogP contribution in [0, 0.1) is 6.92 Å². The Morgan fingerprint density at radius 1 is 1.21 bits per heavy atom. The van der Waals surface area contributed by atoms with Crippen molar-refractivity contribution in [2.75, 3.05) is 6.61 Å². The van der Waals surface area contributed by atoms with E-state index in [9.17, 15) is 13.2 Å². The lowest BCUT2D eigenvalue weighted by Crippen LogP contribution is -2.20. The zero-order valence-corrected chi connectivity index (χ0v) is 20.6. The van der Waals surface area contributed by atoms with Crippen molar-refractivity contribution in [2.45, 2.75) is 57.9 Å². The van der Waals surface area contributed by atoms with E-state index in [2.05, 4.69) is 11.4 Å². The molecule has 0 atom stereocenters. The van der Waals surface area contributed by atoms with Crippen LogP contribution in [0.1, 0.15) is 54.7 Å². The van der Waals surface area contributed by atoms with Gasteiger partial charge < -0.3 is 14.5 Å². The third kappa shape index (κ3) is 4.88. The first-order chi connectivity index (χ1) is 16.2. The molecule has 0 unspecified atom stereocenters.